The van der Waals surface area contributed by atoms with Crippen LogP contribution in [-0.2, 0) is 15.6 Å². The molecule has 2 aromatic rings. The zero-order valence-electron chi connectivity index (χ0n) is 15.2. The maximum atomic E-state index is 12.2. The number of benzene rings is 1. The zero-order valence-corrected chi connectivity index (χ0v) is 16.8. The highest BCUT2D eigenvalue weighted by atomic mass is 35.5. The largest absolute Gasteiger partial charge is 0.384 e. The van der Waals surface area contributed by atoms with Gasteiger partial charge >= 0.3 is 0 Å². The van der Waals surface area contributed by atoms with Gasteiger partial charge in [-0.05, 0) is 50.6 Å². The van der Waals surface area contributed by atoms with Crippen LogP contribution in [0.3, 0.4) is 0 Å². The molecule has 1 amide bonds. The molecule has 0 spiro atoms. The molecule has 1 aromatic carbocycles. The van der Waals surface area contributed by atoms with E-state index in [2.05, 4.69) is 15.0 Å². The topological polar surface area (TPSA) is 108 Å². The summed E-state index contributed by atoms with van der Waals surface area (Å²) >= 11 is 5.70. The van der Waals surface area contributed by atoms with Gasteiger partial charge in [-0.3, -0.25) is 4.79 Å². The molecular weight excluding hydrogens is 390 g/mol. The molecule has 9 heteroatoms. The molecule has 0 bridgehead atoms. The van der Waals surface area contributed by atoms with Crippen LogP contribution in [0.15, 0.2) is 42.6 Å². The lowest BCUT2D eigenvalue weighted by molar-refractivity contribution is 0.0627. The number of sulfonamides is 1. The van der Waals surface area contributed by atoms with Crippen LogP contribution in [0.25, 0.3) is 0 Å². The van der Waals surface area contributed by atoms with Crippen LogP contribution in [-0.4, -0.2) is 36.2 Å². The van der Waals surface area contributed by atoms with Gasteiger partial charge in [0, 0.05) is 18.4 Å². The number of aromatic nitrogens is 1. The molecule has 7 nitrogen and oxygen atoms in total. The number of hydrogen-bond donors (Lipinski definition) is 3. The van der Waals surface area contributed by atoms with Crippen LogP contribution in [0.4, 0.5) is 5.69 Å². The molecule has 1 aromatic heterocycles. The van der Waals surface area contributed by atoms with Crippen LogP contribution in [0, 0.1) is 0 Å². The van der Waals surface area contributed by atoms with E-state index in [1.165, 1.54) is 19.2 Å². The first-order chi connectivity index (χ1) is 12.5. The SMILES string of the molecule is CC(C)S(=O)(=O)NCC(C)(O)c1ccc(NC(=O)c2ccc(Cl)nc2)cc1. The second-order valence-electron chi connectivity index (χ2n) is 6.59. The highest BCUT2D eigenvalue weighted by Crippen LogP contribution is 2.22. The second-order valence-corrected chi connectivity index (χ2v) is 9.30. The van der Waals surface area contributed by atoms with Gasteiger partial charge in [0.25, 0.3) is 5.91 Å². The monoisotopic (exact) mass is 411 g/mol. The van der Waals surface area contributed by atoms with Crippen molar-refractivity contribution in [2.75, 3.05) is 11.9 Å². The summed E-state index contributed by atoms with van der Waals surface area (Å²) in [4.78, 5) is 16.0. The van der Waals surface area contributed by atoms with E-state index in [0.717, 1.165) is 0 Å². The van der Waals surface area contributed by atoms with Gasteiger partial charge in [0.15, 0.2) is 0 Å². The van der Waals surface area contributed by atoms with Gasteiger partial charge < -0.3 is 10.4 Å². The lowest BCUT2D eigenvalue weighted by Gasteiger charge is -2.25. The van der Waals surface area contributed by atoms with Crippen LogP contribution < -0.4 is 10.0 Å². The number of aliphatic hydroxyl groups is 1. The molecule has 0 aliphatic rings. The van der Waals surface area contributed by atoms with E-state index >= 15 is 0 Å². The van der Waals surface area contributed by atoms with E-state index in [1.54, 1.807) is 44.2 Å². The third-order valence-electron chi connectivity index (χ3n) is 3.99. The fraction of sp³-hybridized carbons (Fsp3) is 0.333. The Labute approximate surface area is 163 Å². The molecule has 1 unspecified atom stereocenters. The molecule has 0 saturated heterocycles. The van der Waals surface area contributed by atoms with Gasteiger partial charge in [-0.25, -0.2) is 18.1 Å². The first-order valence-corrected chi connectivity index (χ1v) is 10.2. The number of rotatable bonds is 7. The van der Waals surface area contributed by atoms with Gasteiger partial charge in [0.05, 0.1) is 10.8 Å². The number of carbonyl (C=O) groups excluding carboxylic acids is 1. The first kappa shape index (κ1) is 21.3. The lowest BCUT2D eigenvalue weighted by Crippen LogP contribution is -2.41. The molecule has 0 aliphatic heterocycles. The van der Waals surface area contributed by atoms with Crippen molar-refractivity contribution in [1.29, 1.82) is 0 Å². The Morgan fingerprint density at radius 3 is 2.37 bits per heavy atom. The van der Waals surface area contributed by atoms with Crippen LogP contribution >= 0.6 is 11.6 Å². The predicted molar refractivity (Wildman–Crippen MR) is 105 cm³/mol. The summed E-state index contributed by atoms with van der Waals surface area (Å²) in [6, 6.07) is 9.59. The Hall–Kier alpha value is -2.00. The average Bonchev–Trinajstić information content (AvgIpc) is 2.61. The predicted octanol–water partition coefficient (Wildman–Crippen LogP) is 2.52. The minimum atomic E-state index is -3.48. The third-order valence-corrected chi connectivity index (χ3v) is 6.00. The summed E-state index contributed by atoms with van der Waals surface area (Å²) < 4.78 is 26.1. The Kier molecular flexibility index (Phi) is 6.59. The number of nitrogens with zero attached hydrogens (tertiary/aromatic N) is 1. The fourth-order valence-electron chi connectivity index (χ4n) is 2.14. The highest BCUT2D eigenvalue weighted by molar-refractivity contribution is 7.90. The quantitative estimate of drug-likeness (QED) is 0.606. The molecule has 2 rings (SSSR count). The van der Waals surface area contributed by atoms with Gasteiger partial charge in [-0.15, -0.1) is 0 Å². The average molecular weight is 412 g/mol. The van der Waals surface area contributed by atoms with E-state index in [1.807, 2.05) is 0 Å². The molecule has 0 saturated carbocycles. The Morgan fingerprint density at radius 2 is 1.85 bits per heavy atom. The van der Waals surface area contributed by atoms with E-state index in [-0.39, 0.29) is 12.5 Å². The highest BCUT2D eigenvalue weighted by Gasteiger charge is 2.26. The third kappa shape index (κ3) is 5.74. The lowest BCUT2D eigenvalue weighted by atomic mass is 9.96. The van der Waals surface area contributed by atoms with Crippen molar-refractivity contribution in [3.05, 3.63) is 58.9 Å². The van der Waals surface area contributed by atoms with E-state index < -0.39 is 20.9 Å². The number of carbonyl (C=O) groups is 1. The molecule has 0 aliphatic carbocycles. The van der Waals surface area contributed by atoms with E-state index in [0.29, 0.717) is 22.0 Å². The number of hydrogen-bond acceptors (Lipinski definition) is 5. The molecule has 1 heterocycles. The summed E-state index contributed by atoms with van der Waals surface area (Å²) in [7, 11) is -3.48. The Balaban J connectivity index is 2.05. The van der Waals surface area contributed by atoms with Crippen molar-refractivity contribution >= 4 is 33.2 Å². The smallest absolute Gasteiger partial charge is 0.257 e. The number of amides is 1. The standard InChI is InChI=1S/C18H22ClN3O4S/c1-12(2)27(25,26)21-11-18(3,24)14-5-7-15(8-6-14)22-17(23)13-4-9-16(19)20-10-13/h4-10,12,21,24H,11H2,1-3H3,(H,22,23). The van der Waals surface area contributed by atoms with Crippen molar-refractivity contribution in [1.82, 2.24) is 9.71 Å². The Bertz CT molecular complexity index is 895. The van der Waals surface area contributed by atoms with Gasteiger partial charge in [-0.1, -0.05) is 23.7 Å². The molecule has 146 valence electrons. The summed E-state index contributed by atoms with van der Waals surface area (Å²) in [6.45, 7) is 4.48. The normalized spacial score (nSPS) is 14.0. The van der Waals surface area contributed by atoms with Gasteiger partial charge in [0.2, 0.25) is 10.0 Å². The number of anilines is 1. The zero-order chi connectivity index (χ0) is 20.2. The van der Waals surface area contributed by atoms with Crippen LogP contribution in [0.2, 0.25) is 5.15 Å². The maximum absolute atomic E-state index is 12.2. The Morgan fingerprint density at radius 1 is 1.22 bits per heavy atom. The van der Waals surface area contributed by atoms with Crippen molar-refractivity contribution in [3.63, 3.8) is 0 Å². The van der Waals surface area contributed by atoms with Gasteiger partial charge in [0.1, 0.15) is 10.8 Å². The fourth-order valence-corrected chi connectivity index (χ4v) is 3.06. The minimum Gasteiger partial charge on any atom is -0.384 e. The van der Waals surface area contributed by atoms with Crippen molar-refractivity contribution in [2.45, 2.75) is 31.6 Å². The molecule has 3 N–H and O–H groups in total. The summed E-state index contributed by atoms with van der Waals surface area (Å²) in [6.07, 6.45) is 1.37. The van der Waals surface area contributed by atoms with Crippen molar-refractivity contribution in [3.8, 4) is 0 Å². The maximum Gasteiger partial charge on any atom is 0.257 e. The van der Waals surface area contributed by atoms with Crippen LogP contribution in [0.1, 0.15) is 36.7 Å². The van der Waals surface area contributed by atoms with E-state index in [9.17, 15) is 18.3 Å². The van der Waals surface area contributed by atoms with Crippen molar-refractivity contribution in [2.24, 2.45) is 0 Å². The van der Waals surface area contributed by atoms with Crippen molar-refractivity contribution < 1.29 is 18.3 Å². The van der Waals surface area contributed by atoms with Crippen LogP contribution in [0.5, 0.6) is 0 Å². The van der Waals surface area contributed by atoms with E-state index in [4.69, 9.17) is 11.6 Å². The molecular formula is C18H22ClN3O4S. The summed E-state index contributed by atoms with van der Waals surface area (Å²) in [5.74, 6) is -0.344. The number of nitrogens with one attached hydrogen (secondary N) is 2. The number of halogens is 1. The first-order valence-electron chi connectivity index (χ1n) is 8.25. The molecule has 0 fully saturated rings. The summed E-state index contributed by atoms with van der Waals surface area (Å²) in [5, 5.41) is 13.0. The second kappa shape index (κ2) is 8.35. The minimum absolute atomic E-state index is 0.157. The summed E-state index contributed by atoms with van der Waals surface area (Å²) in [5.41, 5.74) is 0.000803. The molecule has 1 atom stereocenters. The van der Waals surface area contributed by atoms with Gasteiger partial charge in [-0.2, -0.15) is 0 Å². The number of pyridine rings is 1. The molecule has 0 radical (unpaired) electrons. The molecule has 27 heavy (non-hydrogen) atoms.